The maximum absolute atomic E-state index is 13.1. The predicted octanol–water partition coefficient (Wildman–Crippen LogP) is -0.0395. The van der Waals surface area contributed by atoms with Crippen LogP contribution in [0.3, 0.4) is 0 Å². The highest BCUT2D eigenvalue weighted by molar-refractivity contribution is 7.89. The van der Waals surface area contributed by atoms with Crippen molar-refractivity contribution in [1.29, 1.82) is 0 Å². The zero-order valence-electron chi connectivity index (χ0n) is 9.83. The van der Waals surface area contributed by atoms with E-state index in [-0.39, 0.29) is 16.4 Å². The van der Waals surface area contributed by atoms with Crippen molar-refractivity contribution in [3.63, 3.8) is 0 Å². The summed E-state index contributed by atoms with van der Waals surface area (Å²) in [7, 11) is -3.98. The molecule has 0 aliphatic heterocycles. The zero-order chi connectivity index (χ0) is 14.0. The number of aromatic nitrogens is 4. The van der Waals surface area contributed by atoms with Crippen LogP contribution in [0.1, 0.15) is 18.8 Å². The fraction of sp³-hybridized carbons (Fsp3) is 0.222. The van der Waals surface area contributed by atoms with Gasteiger partial charge in [-0.1, -0.05) is 5.21 Å². The lowest BCUT2D eigenvalue weighted by atomic mass is 10.3. The van der Waals surface area contributed by atoms with Crippen molar-refractivity contribution in [1.82, 2.24) is 25.3 Å². The van der Waals surface area contributed by atoms with Crippen LogP contribution in [-0.2, 0) is 10.0 Å². The van der Waals surface area contributed by atoms with Crippen molar-refractivity contribution in [3.05, 3.63) is 29.8 Å². The molecule has 0 aliphatic rings. The van der Waals surface area contributed by atoms with Gasteiger partial charge in [-0.3, -0.25) is 0 Å². The third kappa shape index (κ3) is 2.85. The van der Waals surface area contributed by atoms with Gasteiger partial charge >= 0.3 is 0 Å². The SMILES string of the molecule is CC(NS(=O)(=O)c1cc(F)ccc1N)c1nn[nH]n1. The van der Waals surface area contributed by atoms with E-state index < -0.39 is 21.9 Å². The summed E-state index contributed by atoms with van der Waals surface area (Å²) >= 11 is 0. The number of nitrogens with one attached hydrogen (secondary N) is 2. The number of nitrogen functional groups attached to an aromatic ring is 1. The molecule has 2 rings (SSSR count). The minimum absolute atomic E-state index is 0.0470. The average molecular weight is 286 g/mol. The van der Waals surface area contributed by atoms with E-state index >= 15 is 0 Å². The van der Waals surface area contributed by atoms with E-state index in [1.54, 1.807) is 0 Å². The van der Waals surface area contributed by atoms with Gasteiger partial charge in [0.1, 0.15) is 10.7 Å². The summed E-state index contributed by atoms with van der Waals surface area (Å²) in [6, 6.07) is 2.38. The highest BCUT2D eigenvalue weighted by atomic mass is 32.2. The van der Waals surface area contributed by atoms with Crippen molar-refractivity contribution < 1.29 is 12.8 Å². The molecule has 0 saturated carbocycles. The Morgan fingerprint density at radius 3 is 2.84 bits per heavy atom. The predicted molar refractivity (Wildman–Crippen MR) is 63.7 cm³/mol. The highest BCUT2D eigenvalue weighted by Gasteiger charge is 2.23. The number of nitrogens with two attached hydrogens (primary N) is 1. The van der Waals surface area contributed by atoms with Crippen molar-refractivity contribution in [2.45, 2.75) is 17.9 Å². The van der Waals surface area contributed by atoms with Gasteiger partial charge in [-0.15, -0.1) is 10.2 Å². The molecule has 0 saturated heterocycles. The van der Waals surface area contributed by atoms with Gasteiger partial charge in [0, 0.05) is 0 Å². The Bertz CT molecular complexity index is 672. The number of benzene rings is 1. The van der Waals surface area contributed by atoms with Crippen LogP contribution in [0.15, 0.2) is 23.1 Å². The second-order valence-corrected chi connectivity index (χ2v) is 5.48. The Morgan fingerprint density at radius 2 is 2.21 bits per heavy atom. The van der Waals surface area contributed by atoms with Crippen LogP contribution in [0.2, 0.25) is 0 Å². The van der Waals surface area contributed by atoms with Gasteiger partial charge in [0.2, 0.25) is 10.0 Å². The lowest BCUT2D eigenvalue weighted by molar-refractivity contribution is 0.558. The van der Waals surface area contributed by atoms with Crippen LogP contribution in [0.4, 0.5) is 10.1 Å². The molecule has 102 valence electrons. The van der Waals surface area contributed by atoms with Crippen molar-refractivity contribution in [3.8, 4) is 0 Å². The zero-order valence-corrected chi connectivity index (χ0v) is 10.6. The van der Waals surface area contributed by atoms with Crippen LogP contribution in [0.5, 0.6) is 0 Å². The summed E-state index contributed by atoms with van der Waals surface area (Å²) in [6.07, 6.45) is 0. The molecule has 8 nitrogen and oxygen atoms in total. The summed E-state index contributed by atoms with van der Waals surface area (Å²) in [5.41, 5.74) is 5.49. The van der Waals surface area contributed by atoms with E-state index in [1.807, 2.05) is 0 Å². The van der Waals surface area contributed by atoms with E-state index in [1.165, 1.54) is 13.0 Å². The van der Waals surface area contributed by atoms with Gasteiger partial charge in [-0.05, 0) is 25.1 Å². The van der Waals surface area contributed by atoms with E-state index in [0.29, 0.717) is 0 Å². The molecular weight excluding hydrogens is 275 g/mol. The number of hydrogen-bond donors (Lipinski definition) is 3. The second kappa shape index (κ2) is 4.90. The summed E-state index contributed by atoms with van der Waals surface area (Å²) in [5, 5.41) is 12.8. The lowest BCUT2D eigenvalue weighted by Crippen LogP contribution is -2.28. The number of halogens is 1. The smallest absolute Gasteiger partial charge is 0.243 e. The van der Waals surface area contributed by atoms with Crippen LogP contribution < -0.4 is 10.5 Å². The number of anilines is 1. The number of rotatable bonds is 4. The van der Waals surface area contributed by atoms with Crippen molar-refractivity contribution >= 4 is 15.7 Å². The minimum Gasteiger partial charge on any atom is -0.398 e. The number of H-pyrrole nitrogens is 1. The Kier molecular flexibility index (Phi) is 3.44. The first-order chi connectivity index (χ1) is 8.90. The maximum Gasteiger partial charge on any atom is 0.243 e. The third-order valence-electron chi connectivity index (χ3n) is 2.35. The Labute approximate surface area is 108 Å². The molecule has 19 heavy (non-hydrogen) atoms. The molecule has 1 aromatic carbocycles. The Balaban J connectivity index is 2.30. The molecule has 0 aliphatic carbocycles. The molecule has 4 N–H and O–H groups in total. The van der Waals surface area contributed by atoms with Crippen LogP contribution in [-0.4, -0.2) is 29.0 Å². The summed E-state index contributed by atoms with van der Waals surface area (Å²) < 4.78 is 39.5. The highest BCUT2D eigenvalue weighted by Crippen LogP contribution is 2.21. The Hall–Kier alpha value is -2.07. The van der Waals surface area contributed by atoms with E-state index in [4.69, 9.17) is 5.73 Å². The molecule has 0 fully saturated rings. The van der Waals surface area contributed by atoms with E-state index in [2.05, 4.69) is 25.3 Å². The number of tetrazole rings is 1. The monoisotopic (exact) mass is 286 g/mol. The fourth-order valence-corrected chi connectivity index (χ4v) is 2.79. The molecule has 0 spiro atoms. The molecule has 0 radical (unpaired) electrons. The first-order valence-corrected chi connectivity index (χ1v) is 6.69. The molecule has 1 heterocycles. The maximum atomic E-state index is 13.1. The van der Waals surface area contributed by atoms with Gasteiger partial charge in [0.15, 0.2) is 5.82 Å². The number of sulfonamides is 1. The topological polar surface area (TPSA) is 127 Å². The van der Waals surface area contributed by atoms with E-state index in [0.717, 1.165) is 12.1 Å². The van der Waals surface area contributed by atoms with Gasteiger partial charge in [-0.25, -0.2) is 17.5 Å². The molecule has 2 aromatic rings. The molecule has 1 atom stereocenters. The minimum atomic E-state index is -3.98. The average Bonchev–Trinajstić information content (AvgIpc) is 2.85. The van der Waals surface area contributed by atoms with Gasteiger partial charge in [0.25, 0.3) is 0 Å². The summed E-state index contributed by atoms with van der Waals surface area (Å²) in [6.45, 7) is 1.53. The number of nitrogens with zero attached hydrogens (tertiary/aromatic N) is 3. The second-order valence-electron chi connectivity index (χ2n) is 3.80. The van der Waals surface area contributed by atoms with Gasteiger partial charge in [0.05, 0.1) is 11.7 Å². The van der Waals surface area contributed by atoms with Gasteiger partial charge < -0.3 is 5.73 Å². The standard InChI is InChI=1S/C9H11FN6O2S/c1-5(9-12-15-16-13-9)14-19(17,18)8-4-6(10)2-3-7(8)11/h2-5,14H,11H2,1H3,(H,12,13,15,16). The largest absolute Gasteiger partial charge is 0.398 e. The first-order valence-electron chi connectivity index (χ1n) is 5.21. The third-order valence-corrected chi connectivity index (χ3v) is 3.94. The van der Waals surface area contributed by atoms with Gasteiger partial charge in [-0.2, -0.15) is 5.21 Å². The van der Waals surface area contributed by atoms with Crippen molar-refractivity contribution in [2.75, 3.05) is 5.73 Å². The molecular formula is C9H11FN6O2S. The van der Waals surface area contributed by atoms with Crippen molar-refractivity contribution in [2.24, 2.45) is 0 Å². The quantitative estimate of drug-likeness (QED) is 0.677. The number of hydrogen-bond acceptors (Lipinski definition) is 6. The first kappa shape index (κ1) is 13.4. The fourth-order valence-electron chi connectivity index (χ4n) is 1.44. The van der Waals surface area contributed by atoms with E-state index in [9.17, 15) is 12.8 Å². The molecule has 0 amide bonds. The molecule has 1 unspecified atom stereocenters. The molecule has 10 heteroatoms. The summed E-state index contributed by atoms with van der Waals surface area (Å²) in [4.78, 5) is -0.331. The van der Waals surface area contributed by atoms with Crippen LogP contribution in [0, 0.1) is 5.82 Å². The lowest BCUT2D eigenvalue weighted by Gasteiger charge is -2.12. The van der Waals surface area contributed by atoms with Crippen LogP contribution >= 0.6 is 0 Å². The summed E-state index contributed by atoms with van der Waals surface area (Å²) in [5.74, 6) is -0.527. The molecule has 0 bridgehead atoms. The Morgan fingerprint density at radius 1 is 1.47 bits per heavy atom. The molecule has 1 aromatic heterocycles. The normalized spacial score (nSPS) is 13.4. The van der Waals surface area contributed by atoms with Crippen LogP contribution in [0.25, 0.3) is 0 Å². The number of aromatic amines is 1.